The first-order valence-corrected chi connectivity index (χ1v) is 11.6. The van der Waals surface area contributed by atoms with Gasteiger partial charge in [0.25, 0.3) is 0 Å². The van der Waals surface area contributed by atoms with E-state index >= 15 is 0 Å². The molecule has 0 fully saturated rings. The van der Waals surface area contributed by atoms with Crippen molar-refractivity contribution in [2.24, 2.45) is 0 Å². The molecule has 0 heterocycles. The summed E-state index contributed by atoms with van der Waals surface area (Å²) in [5.41, 5.74) is 0.358. The second-order valence-corrected chi connectivity index (χ2v) is 9.91. The first-order chi connectivity index (χ1) is 14.1. The predicted octanol–water partition coefficient (Wildman–Crippen LogP) is 5.81. The van der Waals surface area contributed by atoms with Crippen LogP contribution < -0.4 is 5.32 Å². The Kier molecular flexibility index (Phi) is 9.08. The molecular formula is C23H28Cl2N2O2S. The molecule has 2 rings (SSSR count). The van der Waals surface area contributed by atoms with E-state index in [2.05, 4.69) is 5.32 Å². The van der Waals surface area contributed by atoms with E-state index in [4.69, 9.17) is 23.2 Å². The summed E-state index contributed by atoms with van der Waals surface area (Å²) in [6.45, 7) is 7.91. The molecule has 0 saturated heterocycles. The number of amides is 2. The average Bonchev–Trinajstić information content (AvgIpc) is 2.67. The summed E-state index contributed by atoms with van der Waals surface area (Å²) in [6.07, 6.45) is 0.495. The third-order valence-electron chi connectivity index (χ3n) is 4.35. The lowest BCUT2D eigenvalue weighted by Crippen LogP contribution is -2.53. The number of hydrogen-bond donors (Lipinski definition) is 1. The molecule has 1 atom stereocenters. The Morgan fingerprint density at radius 2 is 1.77 bits per heavy atom. The van der Waals surface area contributed by atoms with Gasteiger partial charge >= 0.3 is 0 Å². The summed E-state index contributed by atoms with van der Waals surface area (Å²) < 4.78 is 0. The number of thioether (sulfide) groups is 1. The van der Waals surface area contributed by atoms with Gasteiger partial charge < -0.3 is 10.2 Å². The molecule has 0 aliphatic carbocycles. The Hall–Kier alpha value is -1.69. The van der Waals surface area contributed by atoms with Crippen molar-refractivity contribution in [3.8, 4) is 0 Å². The molecule has 30 heavy (non-hydrogen) atoms. The molecule has 0 aliphatic rings. The highest BCUT2D eigenvalue weighted by molar-refractivity contribution is 8.00. The van der Waals surface area contributed by atoms with Crippen LogP contribution in [0.4, 0.5) is 0 Å². The summed E-state index contributed by atoms with van der Waals surface area (Å²) in [5, 5.41) is 4.00. The molecule has 162 valence electrons. The molecule has 0 radical (unpaired) electrons. The van der Waals surface area contributed by atoms with Crippen molar-refractivity contribution in [1.29, 1.82) is 0 Å². The Bertz CT molecular complexity index is 869. The van der Waals surface area contributed by atoms with Crippen LogP contribution in [0.5, 0.6) is 0 Å². The summed E-state index contributed by atoms with van der Waals surface area (Å²) in [6, 6.07) is 14.3. The molecule has 0 bridgehead atoms. The lowest BCUT2D eigenvalue weighted by Gasteiger charge is -2.33. The number of halogens is 2. The van der Waals surface area contributed by atoms with E-state index in [9.17, 15) is 9.59 Å². The molecule has 7 heteroatoms. The highest BCUT2D eigenvalue weighted by Crippen LogP contribution is 2.25. The van der Waals surface area contributed by atoms with Crippen molar-refractivity contribution in [2.45, 2.75) is 57.1 Å². The summed E-state index contributed by atoms with van der Waals surface area (Å²) in [5.74, 6) is -0.0620. The normalized spacial score (nSPS) is 12.3. The maximum absolute atomic E-state index is 13.2. The van der Waals surface area contributed by atoms with Crippen LogP contribution in [0.3, 0.4) is 0 Å². The number of rotatable bonds is 8. The number of hydrogen-bond acceptors (Lipinski definition) is 3. The monoisotopic (exact) mass is 466 g/mol. The van der Waals surface area contributed by atoms with E-state index in [0.29, 0.717) is 16.5 Å². The maximum atomic E-state index is 13.2. The van der Waals surface area contributed by atoms with Gasteiger partial charge in [-0.3, -0.25) is 9.59 Å². The van der Waals surface area contributed by atoms with Gasteiger partial charge in [-0.15, -0.1) is 11.8 Å². The number of carbonyl (C=O) groups is 2. The number of nitrogens with one attached hydrogen (secondary N) is 1. The number of carbonyl (C=O) groups excluding carboxylic acids is 2. The van der Waals surface area contributed by atoms with E-state index < -0.39 is 11.6 Å². The van der Waals surface area contributed by atoms with Crippen molar-refractivity contribution < 1.29 is 9.59 Å². The van der Waals surface area contributed by atoms with Crippen molar-refractivity contribution >= 4 is 46.8 Å². The zero-order valence-corrected chi connectivity index (χ0v) is 20.1. The minimum absolute atomic E-state index is 0.120. The molecule has 0 aromatic heterocycles. The van der Waals surface area contributed by atoms with Gasteiger partial charge in [-0.2, -0.15) is 0 Å². The Morgan fingerprint density at radius 3 is 2.33 bits per heavy atom. The first-order valence-electron chi connectivity index (χ1n) is 9.84. The molecule has 0 unspecified atom stereocenters. The van der Waals surface area contributed by atoms with E-state index in [0.717, 1.165) is 10.5 Å². The molecule has 2 aromatic rings. The minimum Gasteiger partial charge on any atom is -0.350 e. The van der Waals surface area contributed by atoms with Crippen LogP contribution in [0.15, 0.2) is 53.4 Å². The smallest absolute Gasteiger partial charge is 0.243 e. The van der Waals surface area contributed by atoms with E-state index in [1.165, 1.54) is 11.8 Å². The molecule has 2 amide bonds. The van der Waals surface area contributed by atoms with Crippen molar-refractivity contribution in [3.63, 3.8) is 0 Å². The maximum Gasteiger partial charge on any atom is 0.243 e. The van der Waals surface area contributed by atoms with Gasteiger partial charge in [0.15, 0.2) is 0 Å². The highest BCUT2D eigenvalue weighted by Gasteiger charge is 2.31. The second-order valence-electron chi connectivity index (χ2n) is 8.02. The van der Waals surface area contributed by atoms with E-state index in [1.54, 1.807) is 23.1 Å². The van der Waals surface area contributed by atoms with E-state index in [-0.39, 0.29) is 24.1 Å². The fourth-order valence-corrected chi connectivity index (χ4v) is 4.22. The SMILES string of the molecule is CC[C@@H](C(=O)NC(C)(C)C)N(Cc1ccc(Cl)cc1Cl)C(=O)CSc1ccccc1. The Morgan fingerprint density at radius 1 is 1.10 bits per heavy atom. The lowest BCUT2D eigenvalue weighted by molar-refractivity contribution is -0.140. The van der Waals surface area contributed by atoms with Crippen LogP contribution in [-0.4, -0.2) is 34.0 Å². The van der Waals surface area contributed by atoms with Gasteiger partial charge in [0.05, 0.1) is 5.75 Å². The molecule has 4 nitrogen and oxygen atoms in total. The summed E-state index contributed by atoms with van der Waals surface area (Å²) in [7, 11) is 0. The lowest BCUT2D eigenvalue weighted by atomic mass is 10.1. The van der Waals surface area contributed by atoms with Gasteiger partial charge in [-0.25, -0.2) is 0 Å². The topological polar surface area (TPSA) is 49.4 Å². The molecule has 0 spiro atoms. The van der Waals surface area contributed by atoms with Gasteiger partial charge in [-0.05, 0) is 57.0 Å². The molecule has 1 N–H and O–H groups in total. The molecule has 0 saturated carbocycles. The molecule has 2 aromatic carbocycles. The first kappa shape index (κ1) is 24.6. The van der Waals surface area contributed by atoms with Gasteiger partial charge in [0.2, 0.25) is 11.8 Å². The van der Waals surface area contributed by atoms with Crippen molar-refractivity contribution in [1.82, 2.24) is 10.2 Å². The van der Waals surface area contributed by atoms with Crippen LogP contribution >= 0.6 is 35.0 Å². The van der Waals surface area contributed by atoms with Gasteiger partial charge in [0.1, 0.15) is 6.04 Å². The fraction of sp³-hybridized carbons (Fsp3) is 0.391. The summed E-state index contributed by atoms with van der Waals surface area (Å²) >= 11 is 13.8. The molecular weight excluding hydrogens is 439 g/mol. The number of nitrogens with zero attached hydrogens (tertiary/aromatic N) is 1. The predicted molar refractivity (Wildman–Crippen MR) is 126 cm³/mol. The van der Waals surface area contributed by atoms with Gasteiger partial charge in [0, 0.05) is 27.0 Å². The zero-order valence-electron chi connectivity index (χ0n) is 17.7. The second kappa shape index (κ2) is 11.1. The van der Waals surface area contributed by atoms with Crippen LogP contribution in [0.2, 0.25) is 10.0 Å². The summed E-state index contributed by atoms with van der Waals surface area (Å²) in [4.78, 5) is 28.8. The highest BCUT2D eigenvalue weighted by atomic mass is 35.5. The Balaban J connectivity index is 2.27. The average molecular weight is 467 g/mol. The standard InChI is InChI=1S/C23H28Cl2N2O2S/c1-5-20(22(29)26-23(2,3)4)27(14-16-11-12-17(24)13-19(16)25)21(28)15-30-18-9-7-6-8-10-18/h6-13,20H,5,14-15H2,1-4H3,(H,26,29)/t20-/m0/s1. The van der Waals surface area contributed by atoms with Crippen LogP contribution in [0.1, 0.15) is 39.7 Å². The van der Waals surface area contributed by atoms with Crippen molar-refractivity contribution in [2.75, 3.05) is 5.75 Å². The fourth-order valence-electron chi connectivity index (χ4n) is 2.95. The van der Waals surface area contributed by atoms with Crippen molar-refractivity contribution in [3.05, 3.63) is 64.1 Å². The van der Waals surface area contributed by atoms with Crippen LogP contribution in [0, 0.1) is 0 Å². The minimum atomic E-state index is -0.597. The van der Waals surface area contributed by atoms with Crippen LogP contribution in [0.25, 0.3) is 0 Å². The zero-order chi connectivity index (χ0) is 22.3. The molecule has 0 aliphatic heterocycles. The third kappa shape index (κ3) is 7.53. The van der Waals surface area contributed by atoms with Gasteiger partial charge in [-0.1, -0.05) is 54.4 Å². The van der Waals surface area contributed by atoms with E-state index in [1.807, 2.05) is 58.0 Å². The third-order valence-corrected chi connectivity index (χ3v) is 5.93. The van der Waals surface area contributed by atoms with Crippen LogP contribution in [-0.2, 0) is 16.1 Å². The quantitative estimate of drug-likeness (QED) is 0.499. The largest absolute Gasteiger partial charge is 0.350 e. The number of benzene rings is 2. The Labute approximate surface area is 193 Å².